The minimum Gasteiger partial charge on any atom is -0.481 e. The van der Waals surface area contributed by atoms with E-state index in [1.165, 1.54) is 6.08 Å². The highest BCUT2D eigenvalue weighted by Crippen LogP contribution is 2.28. The average molecular weight is 381 g/mol. The van der Waals surface area contributed by atoms with Crippen molar-refractivity contribution in [2.75, 3.05) is 0 Å². The molecule has 5 heteroatoms. The topological polar surface area (TPSA) is 98.0 Å². The van der Waals surface area contributed by atoms with E-state index >= 15 is 0 Å². The molecule has 0 fully saturated rings. The minimum absolute atomic E-state index is 0.0177. The van der Waals surface area contributed by atoms with Crippen molar-refractivity contribution in [3.05, 3.63) is 48.6 Å². The molecule has 0 rings (SSSR count). The summed E-state index contributed by atoms with van der Waals surface area (Å²) in [5.74, 6) is -0.909. The summed E-state index contributed by atoms with van der Waals surface area (Å²) < 4.78 is 0. The highest BCUT2D eigenvalue weighted by atomic mass is 16.4. The van der Waals surface area contributed by atoms with Crippen LogP contribution in [-0.4, -0.2) is 44.7 Å². The van der Waals surface area contributed by atoms with E-state index in [0.717, 1.165) is 19.3 Å². The number of hydrogen-bond acceptors (Lipinski definition) is 4. The molecule has 0 aliphatic carbocycles. The summed E-state index contributed by atoms with van der Waals surface area (Å²) in [6.45, 7) is 6.27. The van der Waals surface area contributed by atoms with Crippen LogP contribution >= 0.6 is 0 Å². The fourth-order valence-electron chi connectivity index (χ4n) is 2.41. The first kappa shape index (κ1) is 25.3. The van der Waals surface area contributed by atoms with Gasteiger partial charge in [0.15, 0.2) is 0 Å². The lowest BCUT2D eigenvalue weighted by Crippen LogP contribution is -2.27. The van der Waals surface area contributed by atoms with E-state index < -0.39 is 24.3 Å². The van der Waals surface area contributed by atoms with Crippen molar-refractivity contribution >= 4 is 5.97 Å². The quantitative estimate of drug-likeness (QED) is 0.344. The molecule has 0 unspecified atom stereocenters. The fourth-order valence-corrected chi connectivity index (χ4v) is 2.41. The number of rotatable bonds is 14. The number of aliphatic hydroxyl groups is 3. The molecule has 5 nitrogen and oxygen atoms in total. The van der Waals surface area contributed by atoms with Crippen LogP contribution in [0.4, 0.5) is 0 Å². The molecule has 154 valence electrons. The van der Waals surface area contributed by atoms with Gasteiger partial charge in [0, 0.05) is 6.42 Å². The van der Waals surface area contributed by atoms with Gasteiger partial charge >= 0.3 is 5.97 Å². The van der Waals surface area contributed by atoms with Crippen molar-refractivity contribution in [1.29, 1.82) is 0 Å². The first-order valence-corrected chi connectivity index (χ1v) is 9.65. The number of carbonyl (C=O) groups is 1. The van der Waals surface area contributed by atoms with Crippen molar-refractivity contribution in [3.8, 4) is 0 Å². The Morgan fingerprint density at radius 2 is 1.48 bits per heavy atom. The Bertz CT molecular complexity index is 517. The monoisotopic (exact) mass is 380 g/mol. The van der Waals surface area contributed by atoms with Crippen LogP contribution in [0.25, 0.3) is 0 Å². The highest BCUT2D eigenvalue weighted by Gasteiger charge is 2.24. The molecule has 3 atom stereocenters. The van der Waals surface area contributed by atoms with Crippen LogP contribution in [-0.2, 0) is 4.79 Å². The molecule has 0 aromatic carbocycles. The molecule has 4 N–H and O–H groups in total. The molecule has 0 aromatic rings. The smallest absolute Gasteiger partial charge is 0.303 e. The van der Waals surface area contributed by atoms with E-state index in [-0.39, 0.29) is 18.3 Å². The molecular weight excluding hydrogens is 344 g/mol. The lowest BCUT2D eigenvalue weighted by atomic mass is 9.81. The number of carboxylic acids is 1. The van der Waals surface area contributed by atoms with Crippen LogP contribution in [0.1, 0.15) is 59.3 Å². The third kappa shape index (κ3) is 13.2. The molecule has 0 saturated heterocycles. The molecule has 27 heavy (non-hydrogen) atoms. The number of allylic oxidation sites excluding steroid dienone is 6. The van der Waals surface area contributed by atoms with E-state index in [1.807, 2.05) is 18.2 Å². The van der Waals surface area contributed by atoms with Gasteiger partial charge in [-0.15, -0.1) is 0 Å². The van der Waals surface area contributed by atoms with Crippen molar-refractivity contribution in [3.63, 3.8) is 0 Å². The Labute approximate surface area is 163 Å². The van der Waals surface area contributed by atoms with Crippen LogP contribution < -0.4 is 0 Å². The summed E-state index contributed by atoms with van der Waals surface area (Å²) >= 11 is 0. The zero-order valence-corrected chi connectivity index (χ0v) is 16.8. The number of carboxylic acid groups (broad SMARTS) is 1. The van der Waals surface area contributed by atoms with Crippen LogP contribution in [0.3, 0.4) is 0 Å². The SMILES string of the molecule is CCCCC(C)(C)[C@@H](O)/C=C/C=C/C=C\C=C\[C@@H](O)[C@@H](O)CCCC(=O)O. The van der Waals surface area contributed by atoms with Crippen LogP contribution in [0.2, 0.25) is 0 Å². The van der Waals surface area contributed by atoms with Crippen molar-refractivity contribution in [1.82, 2.24) is 0 Å². The van der Waals surface area contributed by atoms with Gasteiger partial charge in [0.1, 0.15) is 0 Å². The van der Waals surface area contributed by atoms with Crippen molar-refractivity contribution in [2.45, 2.75) is 77.6 Å². The number of aliphatic hydroxyl groups excluding tert-OH is 3. The first-order chi connectivity index (χ1) is 12.7. The Hall–Kier alpha value is -1.69. The Morgan fingerprint density at radius 3 is 2.04 bits per heavy atom. The number of aliphatic carboxylic acids is 1. The largest absolute Gasteiger partial charge is 0.481 e. The third-order valence-electron chi connectivity index (χ3n) is 4.42. The van der Waals surface area contributed by atoms with Crippen LogP contribution in [0.15, 0.2) is 48.6 Å². The predicted octanol–water partition coefficient (Wildman–Crippen LogP) is 3.77. The second-order valence-electron chi connectivity index (χ2n) is 7.42. The molecule has 0 bridgehead atoms. The lowest BCUT2D eigenvalue weighted by molar-refractivity contribution is -0.137. The van der Waals surface area contributed by atoms with Gasteiger partial charge in [-0.25, -0.2) is 0 Å². The molecule has 0 aliphatic heterocycles. The molecule has 0 spiro atoms. The van der Waals surface area contributed by atoms with Gasteiger partial charge in [0.25, 0.3) is 0 Å². The summed E-state index contributed by atoms with van der Waals surface area (Å²) in [4.78, 5) is 10.4. The second-order valence-corrected chi connectivity index (χ2v) is 7.42. The van der Waals surface area contributed by atoms with Gasteiger partial charge in [-0.2, -0.15) is 0 Å². The summed E-state index contributed by atoms with van der Waals surface area (Å²) in [5, 5.41) is 38.2. The van der Waals surface area contributed by atoms with E-state index in [0.29, 0.717) is 6.42 Å². The third-order valence-corrected chi connectivity index (χ3v) is 4.42. The maximum absolute atomic E-state index is 10.4. The predicted molar refractivity (Wildman–Crippen MR) is 109 cm³/mol. The van der Waals surface area contributed by atoms with Crippen molar-refractivity contribution in [2.24, 2.45) is 5.41 Å². The summed E-state index contributed by atoms with van der Waals surface area (Å²) in [7, 11) is 0. The summed E-state index contributed by atoms with van der Waals surface area (Å²) in [6, 6.07) is 0. The average Bonchev–Trinajstić information content (AvgIpc) is 2.61. The van der Waals surface area contributed by atoms with Gasteiger partial charge in [0.2, 0.25) is 0 Å². The van der Waals surface area contributed by atoms with E-state index in [1.54, 1.807) is 24.3 Å². The molecule has 0 aliphatic rings. The van der Waals surface area contributed by atoms with Gasteiger partial charge < -0.3 is 20.4 Å². The highest BCUT2D eigenvalue weighted by molar-refractivity contribution is 5.66. The Kier molecular flexibility index (Phi) is 13.5. The van der Waals surface area contributed by atoms with E-state index in [4.69, 9.17) is 5.11 Å². The molecule has 0 radical (unpaired) electrons. The molecule has 0 saturated carbocycles. The Balaban J connectivity index is 4.22. The molecular formula is C22H36O5. The first-order valence-electron chi connectivity index (χ1n) is 9.65. The molecule has 0 aromatic heterocycles. The standard InChI is InChI=1S/C22H36O5/c1-4-5-17-22(2,3)20(25)15-11-9-7-6-8-10-13-18(23)19(24)14-12-16-21(26)27/h6-11,13,15,18-20,23-25H,4-5,12,14,16-17H2,1-3H3,(H,26,27)/b8-6-,9-7+,13-10+,15-11+/t18-,19+,20+/m1/s1. The molecule has 0 heterocycles. The van der Waals surface area contributed by atoms with Crippen LogP contribution in [0, 0.1) is 5.41 Å². The van der Waals surface area contributed by atoms with Crippen LogP contribution in [0.5, 0.6) is 0 Å². The van der Waals surface area contributed by atoms with Gasteiger partial charge in [-0.05, 0) is 24.7 Å². The fraction of sp³-hybridized carbons (Fsp3) is 0.591. The van der Waals surface area contributed by atoms with Crippen molar-refractivity contribution < 1.29 is 25.2 Å². The number of unbranched alkanes of at least 4 members (excludes halogenated alkanes) is 1. The van der Waals surface area contributed by atoms with Gasteiger partial charge in [-0.1, -0.05) is 82.2 Å². The maximum atomic E-state index is 10.4. The van der Waals surface area contributed by atoms with E-state index in [9.17, 15) is 20.1 Å². The van der Waals surface area contributed by atoms with Gasteiger partial charge in [0.05, 0.1) is 18.3 Å². The maximum Gasteiger partial charge on any atom is 0.303 e. The summed E-state index contributed by atoms with van der Waals surface area (Å²) in [5.41, 5.74) is -0.139. The second kappa shape index (κ2) is 14.4. The lowest BCUT2D eigenvalue weighted by Gasteiger charge is -2.28. The summed E-state index contributed by atoms with van der Waals surface area (Å²) in [6.07, 6.45) is 15.1. The molecule has 0 amide bonds. The zero-order chi connectivity index (χ0) is 20.7. The van der Waals surface area contributed by atoms with E-state index in [2.05, 4.69) is 20.8 Å². The Morgan fingerprint density at radius 1 is 0.926 bits per heavy atom. The normalized spacial score (nSPS) is 16.7. The zero-order valence-electron chi connectivity index (χ0n) is 16.8. The minimum atomic E-state index is -1.02. The van der Waals surface area contributed by atoms with Gasteiger partial charge in [-0.3, -0.25) is 4.79 Å². The number of hydrogen-bond donors (Lipinski definition) is 4.